The molecule has 0 aliphatic rings. The lowest BCUT2D eigenvalue weighted by atomic mass is 10.3. The van der Waals surface area contributed by atoms with Gasteiger partial charge >= 0.3 is 0 Å². The second-order valence-electron chi connectivity index (χ2n) is 1.99. The van der Waals surface area contributed by atoms with Crippen molar-refractivity contribution in [1.29, 1.82) is 0 Å². The maximum absolute atomic E-state index is 5.28. The van der Waals surface area contributed by atoms with Crippen LogP contribution in [0.15, 0.2) is 29.7 Å². The fourth-order valence-electron chi connectivity index (χ4n) is 0.724. The third kappa shape index (κ3) is 2.33. The van der Waals surface area contributed by atoms with E-state index < -0.39 is 0 Å². The van der Waals surface area contributed by atoms with E-state index in [4.69, 9.17) is 5.73 Å². The fraction of sp³-hybridized carbons (Fsp3) is 0.250. The minimum Gasteiger partial charge on any atom is -0.327 e. The van der Waals surface area contributed by atoms with Crippen LogP contribution in [0.4, 0.5) is 0 Å². The zero-order valence-corrected chi connectivity index (χ0v) is 6.60. The van der Waals surface area contributed by atoms with E-state index in [0.29, 0.717) is 6.54 Å². The van der Waals surface area contributed by atoms with Crippen LogP contribution in [0.3, 0.4) is 0 Å². The number of hydrogen-bond donors (Lipinski definition) is 1. The molecule has 0 saturated heterocycles. The van der Waals surface area contributed by atoms with Crippen LogP contribution < -0.4 is 5.73 Å². The molecular formula is C8H11NS. The Morgan fingerprint density at radius 3 is 3.00 bits per heavy atom. The van der Waals surface area contributed by atoms with E-state index in [-0.39, 0.29) is 0 Å². The molecule has 0 spiro atoms. The smallest absolute Gasteiger partial charge is 0.0106 e. The van der Waals surface area contributed by atoms with Gasteiger partial charge in [0.1, 0.15) is 0 Å². The summed E-state index contributed by atoms with van der Waals surface area (Å²) in [6.45, 7) is 0.644. The highest BCUT2D eigenvalue weighted by Gasteiger charge is 1.86. The summed E-state index contributed by atoms with van der Waals surface area (Å²) in [7, 11) is 0. The topological polar surface area (TPSA) is 26.0 Å². The van der Waals surface area contributed by atoms with Crippen molar-refractivity contribution in [2.45, 2.75) is 6.42 Å². The first-order valence-electron chi connectivity index (χ1n) is 3.31. The molecule has 2 heteroatoms. The fourth-order valence-corrected chi connectivity index (χ4v) is 1.41. The standard InChI is InChI=1S/C8H11NS/c9-6-2-1-4-8-5-3-7-10-8/h1-3,5,7H,4,6,9H2/b2-1-. The molecule has 0 amide bonds. The second kappa shape index (κ2) is 4.25. The van der Waals surface area contributed by atoms with E-state index in [1.807, 2.05) is 6.08 Å². The van der Waals surface area contributed by atoms with Crippen LogP contribution in [0.2, 0.25) is 0 Å². The predicted molar refractivity (Wildman–Crippen MR) is 46.2 cm³/mol. The van der Waals surface area contributed by atoms with Crippen LogP contribution in [-0.4, -0.2) is 6.54 Å². The van der Waals surface area contributed by atoms with E-state index in [2.05, 4.69) is 23.6 Å². The lowest BCUT2D eigenvalue weighted by Crippen LogP contribution is -1.92. The number of rotatable bonds is 3. The third-order valence-electron chi connectivity index (χ3n) is 1.20. The third-order valence-corrected chi connectivity index (χ3v) is 2.10. The molecule has 0 aromatic carbocycles. The van der Waals surface area contributed by atoms with Crippen molar-refractivity contribution in [3.05, 3.63) is 34.5 Å². The first kappa shape index (κ1) is 7.51. The maximum Gasteiger partial charge on any atom is 0.0106 e. The van der Waals surface area contributed by atoms with E-state index in [0.717, 1.165) is 6.42 Å². The molecule has 10 heavy (non-hydrogen) atoms. The minimum absolute atomic E-state index is 0.644. The zero-order chi connectivity index (χ0) is 7.23. The largest absolute Gasteiger partial charge is 0.327 e. The molecule has 0 atom stereocenters. The summed E-state index contributed by atoms with van der Waals surface area (Å²) in [4.78, 5) is 1.39. The number of hydrogen-bond acceptors (Lipinski definition) is 2. The summed E-state index contributed by atoms with van der Waals surface area (Å²) < 4.78 is 0. The van der Waals surface area contributed by atoms with Crippen molar-refractivity contribution in [2.75, 3.05) is 6.54 Å². The Labute approximate surface area is 65.2 Å². The predicted octanol–water partition coefficient (Wildman–Crippen LogP) is 1.81. The first-order valence-corrected chi connectivity index (χ1v) is 4.19. The summed E-state index contributed by atoms with van der Waals surface area (Å²) >= 11 is 1.78. The van der Waals surface area contributed by atoms with Crippen molar-refractivity contribution in [3.63, 3.8) is 0 Å². The maximum atomic E-state index is 5.28. The molecule has 54 valence electrons. The highest BCUT2D eigenvalue weighted by atomic mass is 32.1. The quantitative estimate of drug-likeness (QED) is 0.658. The Kier molecular flexibility index (Phi) is 3.19. The molecule has 0 bridgehead atoms. The Morgan fingerprint density at radius 1 is 1.50 bits per heavy atom. The van der Waals surface area contributed by atoms with Gasteiger partial charge in [0.2, 0.25) is 0 Å². The normalized spacial score (nSPS) is 10.9. The van der Waals surface area contributed by atoms with Crippen molar-refractivity contribution in [3.8, 4) is 0 Å². The van der Waals surface area contributed by atoms with Gasteiger partial charge in [0, 0.05) is 11.4 Å². The summed E-state index contributed by atoms with van der Waals surface area (Å²) in [6.07, 6.45) is 5.11. The molecule has 0 fully saturated rings. The highest BCUT2D eigenvalue weighted by molar-refractivity contribution is 7.09. The zero-order valence-electron chi connectivity index (χ0n) is 5.79. The van der Waals surface area contributed by atoms with E-state index in [9.17, 15) is 0 Å². The van der Waals surface area contributed by atoms with Crippen LogP contribution in [-0.2, 0) is 6.42 Å². The SMILES string of the molecule is NC/C=C\Cc1cccs1. The second-order valence-corrected chi connectivity index (χ2v) is 3.02. The Bertz CT molecular complexity index is 189. The number of nitrogens with two attached hydrogens (primary N) is 1. The molecule has 0 aliphatic carbocycles. The van der Waals surface area contributed by atoms with Gasteiger partial charge in [-0.15, -0.1) is 11.3 Å². The van der Waals surface area contributed by atoms with Gasteiger partial charge in [-0.2, -0.15) is 0 Å². The number of allylic oxidation sites excluding steroid dienone is 1. The van der Waals surface area contributed by atoms with Crippen molar-refractivity contribution in [1.82, 2.24) is 0 Å². The molecule has 1 rings (SSSR count). The Balaban J connectivity index is 2.34. The summed E-state index contributed by atoms with van der Waals surface area (Å²) in [6, 6.07) is 4.20. The monoisotopic (exact) mass is 153 g/mol. The van der Waals surface area contributed by atoms with Crippen molar-refractivity contribution >= 4 is 11.3 Å². The van der Waals surface area contributed by atoms with Gasteiger partial charge < -0.3 is 5.73 Å². The van der Waals surface area contributed by atoms with Gasteiger partial charge in [0.15, 0.2) is 0 Å². The van der Waals surface area contributed by atoms with Gasteiger partial charge in [-0.05, 0) is 17.9 Å². The van der Waals surface area contributed by atoms with Crippen LogP contribution in [0, 0.1) is 0 Å². The van der Waals surface area contributed by atoms with Gasteiger partial charge in [-0.25, -0.2) is 0 Å². The molecule has 0 aliphatic heterocycles. The van der Waals surface area contributed by atoms with Gasteiger partial charge in [0.05, 0.1) is 0 Å². The van der Waals surface area contributed by atoms with E-state index in [1.165, 1.54) is 4.88 Å². The van der Waals surface area contributed by atoms with Crippen LogP contribution in [0.25, 0.3) is 0 Å². The minimum atomic E-state index is 0.644. The van der Waals surface area contributed by atoms with Crippen LogP contribution in [0.5, 0.6) is 0 Å². The Morgan fingerprint density at radius 2 is 2.40 bits per heavy atom. The number of thiophene rings is 1. The molecule has 1 aromatic rings. The van der Waals surface area contributed by atoms with Gasteiger partial charge in [-0.1, -0.05) is 18.2 Å². The van der Waals surface area contributed by atoms with E-state index >= 15 is 0 Å². The summed E-state index contributed by atoms with van der Waals surface area (Å²) in [5.41, 5.74) is 5.28. The van der Waals surface area contributed by atoms with Crippen LogP contribution in [0.1, 0.15) is 4.88 Å². The molecule has 0 unspecified atom stereocenters. The molecule has 0 saturated carbocycles. The molecule has 2 N–H and O–H groups in total. The summed E-state index contributed by atoms with van der Waals surface area (Å²) in [5, 5.41) is 2.09. The molecule has 1 aromatic heterocycles. The molecular weight excluding hydrogens is 142 g/mol. The summed E-state index contributed by atoms with van der Waals surface area (Å²) in [5.74, 6) is 0. The van der Waals surface area contributed by atoms with Gasteiger partial charge in [0.25, 0.3) is 0 Å². The van der Waals surface area contributed by atoms with E-state index in [1.54, 1.807) is 11.3 Å². The Hall–Kier alpha value is -0.600. The van der Waals surface area contributed by atoms with Crippen molar-refractivity contribution < 1.29 is 0 Å². The lowest BCUT2D eigenvalue weighted by Gasteiger charge is -1.85. The molecule has 1 nitrogen and oxygen atoms in total. The highest BCUT2D eigenvalue weighted by Crippen LogP contribution is 2.08. The lowest BCUT2D eigenvalue weighted by molar-refractivity contribution is 1.22. The van der Waals surface area contributed by atoms with Gasteiger partial charge in [-0.3, -0.25) is 0 Å². The van der Waals surface area contributed by atoms with Crippen LogP contribution >= 0.6 is 11.3 Å². The molecule has 1 heterocycles. The molecule has 0 radical (unpaired) electrons. The average molecular weight is 153 g/mol. The van der Waals surface area contributed by atoms with Crippen molar-refractivity contribution in [2.24, 2.45) is 5.73 Å². The average Bonchev–Trinajstić information content (AvgIpc) is 2.41. The first-order chi connectivity index (χ1) is 4.93.